The fourth-order valence-electron chi connectivity index (χ4n) is 3.31. The number of nitrogens with one attached hydrogen (secondary N) is 1. The normalized spacial score (nSPS) is 10.9. The van der Waals surface area contributed by atoms with Crippen LogP contribution in [0, 0.1) is 0 Å². The van der Waals surface area contributed by atoms with Gasteiger partial charge < -0.3 is 19.0 Å². The van der Waals surface area contributed by atoms with Gasteiger partial charge in [-0.1, -0.05) is 36.4 Å². The van der Waals surface area contributed by atoms with Crippen molar-refractivity contribution in [3.05, 3.63) is 90.0 Å². The Kier molecular flexibility index (Phi) is 6.43. The Morgan fingerprint density at radius 3 is 2.61 bits per heavy atom. The number of ether oxygens (including phenoxy) is 1. The molecule has 0 saturated carbocycles. The number of carbonyl (C=O) groups is 2. The fraction of sp³-hybridized carbons (Fsp3) is 0.167. The van der Waals surface area contributed by atoms with E-state index in [-0.39, 0.29) is 11.7 Å². The summed E-state index contributed by atoms with van der Waals surface area (Å²) in [6.07, 6.45) is 2.09. The molecule has 1 N–H and O–H groups in total. The molecule has 158 valence electrons. The molecule has 0 radical (unpaired) electrons. The van der Waals surface area contributed by atoms with Gasteiger partial charge in [-0.25, -0.2) is 4.79 Å². The monoisotopic (exact) mass is 434 g/mol. The maximum absolute atomic E-state index is 12.3. The van der Waals surface area contributed by atoms with Gasteiger partial charge in [-0.3, -0.25) is 4.79 Å². The molecule has 1 amide bonds. The minimum atomic E-state index is -0.481. The number of thioether (sulfide) groups is 1. The maximum Gasteiger partial charge on any atom is 0.373 e. The van der Waals surface area contributed by atoms with Crippen molar-refractivity contribution in [1.29, 1.82) is 0 Å². The lowest BCUT2D eigenvalue weighted by atomic mass is 10.2. The van der Waals surface area contributed by atoms with Crippen LogP contribution in [-0.2, 0) is 17.0 Å². The zero-order valence-corrected chi connectivity index (χ0v) is 17.9. The molecule has 2 aromatic heterocycles. The molecule has 0 aliphatic carbocycles. The number of esters is 1. The average Bonchev–Trinajstić information content (AvgIpc) is 3.43. The minimum absolute atomic E-state index is 0.0779. The molecule has 2 heterocycles. The van der Waals surface area contributed by atoms with Crippen molar-refractivity contribution in [2.24, 2.45) is 0 Å². The first-order valence-electron chi connectivity index (χ1n) is 9.86. The molecular formula is C24H22N2O4S. The Labute approximate surface area is 184 Å². The van der Waals surface area contributed by atoms with E-state index < -0.39 is 5.97 Å². The van der Waals surface area contributed by atoms with E-state index in [0.29, 0.717) is 30.2 Å². The first-order chi connectivity index (χ1) is 15.2. The molecular weight excluding hydrogens is 412 g/mol. The molecule has 0 fully saturated rings. The van der Waals surface area contributed by atoms with E-state index >= 15 is 0 Å². The van der Waals surface area contributed by atoms with Gasteiger partial charge in [-0.2, -0.15) is 0 Å². The standard InChI is InChI=1S/C24H22N2O4S/c1-29-24(28)21-12-11-18(30-21)16-31-22-15-26(20-10-6-5-9-19(20)22)14-13-25-23(27)17-7-3-2-4-8-17/h2-12,15H,13-14,16H2,1H3,(H,25,27). The molecule has 2 aromatic carbocycles. The predicted molar refractivity (Wildman–Crippen MR) is 120 cm³/mol. The zero-order chi connectivity index (χ0) is 21.6. The van der Waals surface area contributed by atoms with Gasteiger partial charge in [0.2, 0.25) is 5.76 Å². The van der Waals surface area contributed by atoms with Gasteiger partial charge in [-0.05, 0) is 30.3 Å². The van der Waals surface area contributed by atoms with Crippen LogP contribution in [0.2, 0.25) is 0 Å². The lowest BCUT2D eigenvalue weighted by Gasteiger charge is -2.07. The second-order valence-corrected chi connectivity index (χ2v) is 7.89. The average molecular weight is 435 g/mol. The molecule has 0 aliphatic heterocycles. The third-order valence-corrected chi connectivity index (χ3v) is 5.91. The summed E-state index contributed by atoms with van der Waals surface area (Å²) in [5, 5.41) is 4.11. The van der Waals surface area contributed by atoms with E-state index in [2.05, 4.69) is 33.0 Å². The van der Waals surface area contributed by atoms with Crippen molar-refractivity contribution in [3.63, 3.8) is 0 Å². The largest absolute Gasteiger partial charge is 0.463 e. The highest BCUT2D eigenvalue weighted by molar-refractivity contribution is 7.98. The second kappa shape index (κ2) is 9.57. The van der Waals surface area contributed by atoms with Crippen LogP contribution in [0.4, 0.5) is 0 Å². The number of carbonyl (C=O) groups excluding carboxylic acids is 2. The number of benzene rings is 2. The number of hydrogen-bond donors (Lipinski definition) is 1. The highest BCUT2D eigenvalue weighted by Gasteiger charge is 2.13. The van der Waals surface area contributed by atoms with Crippen LogP contribution in [-0.4, -0.2) is 30.1 Å². The lowest BCUT2D eigenvalue weighted by molar-refractivity contribution is 0.0563. The van der Waals surface area contributed by atoms with E-state index in [1.165, 1.54) is 7.11 Å². The molecule has 4 rings (SSSR count). The van der Waals surface area contributed by atoms with E-state index in [4.69, 9.17) is 4.42 Å². The number of furan rings is 1. The Balaban J connectivity index is 1.43. The third-order valence-electron chi connectivity index (χ3n) is 4.84. The summed E-state index contributed by atoms with van der Waals surface area (Å²) in [4.78, 5) is 24.9. The van der Waals surface area contributed by atoms with Gasteiger partial charge in [0.25, 0.3) is 5.91 Å². The Hall–Kier alpha value is -3.45. The van der Waals surface area contributed by atoms with Gasteiger partial charge in [0.05, 0.1) is 12.9 Å². The number of methoxy groups -OCH3 is 1. The molecule has 0 unspecified atom stereocenters. The van der Waals surface area contributed by atoms with Crippen molar-refractivity contribution in [1.82, 2.24) is 9.88 Å². The summed E-state index contributed by atoms with van der Waals surface area (Å²) in [7, 11) is 1.33. The molecule has 31 heavy (non-hydrogen) atoms. The number of aromatic nitrogens is 1. The summed E-state index contributed by atoms with van der Waals surface area (Å²) >= 11 is 1.64. The van der Waals surface area contributed by atoms with Crippen LogP contribution < -0.4 is 5.32 Å². The molecule has 4 aromatic rings. The van der Waals surface area contributed by atoms with Gasteiger partial charge in [-0.15, -0.1) is 11.8 Å². The molecule has 0 bridgehead atoms. The summed E-state index contributed by atoms with van der Waals surface area (Å²) < 4.78 is 12.4. The van der Waals surface area contributed by atoms with E-state index in [1.807, 2.05) is 30.3 Å². The molecule has 0 saturated heterocycles. The van der Waals surface area contributed by atoms with Gasteiger partial charge in [0.1, 0.15) is 5.76 Å². The summed E-state index contributed by atoms with van der Waals surface area (Å²) in [5.74, 6) is 0.943. The van der Waals surface area contributed by atoms with Gasteiger partial charge in [0.15, 0.2) is 0 Å². The van der Waals surface area contributed by atoms with Crippen LogP contribution in [0.1, 0.15) is 26.7 Å². The lowest BCUT2D eigenvalue weighted by Crippen LogP contribution is -2.26. The highest BCUT2D eigenvalue weighted by Crippen LogP contribution is 2.32. The van der Waals surface area contributed by atoms with Crippen molar-refractivity contribution < 1.29 is 18.7 Å². The highest BCUT2D eigenvalue weighted by atomic mass is 32.2. The van der Waals surface area contributed by atoms with E-state index in [9.17, 15) is 9.59 Å². The molecule has 0 atom stereocenters. The van der Waals surface area contributed by atoms with Crippen LogP contribution in [0.5, 0.6) is 0 Å². The second-order valence-electron chi connectivity index (χ2n) is 6.87. The van der Waals surface area contributed by atoms with Crippen LogP contribution in [0.25, 0.3) is 10.9 Å². The van der Waals surface area contributed by atoms with Crippen molar-refractivity contribution in [2.45, 2.75) is 17.2 Å². The molecule has 7 heteroatoms. The molecule has 0 aliphatic rings. The first-order valence-corrected chi connectivity index (χ1v) is 10.8. The first kappa shape index (κ1) is 20.8. The Morgan fingerprint density at radius 1 is 1.03 bits per heavy atom. The van der Waals surface area contributed by atoms with Gasteiger partial charge in [0, 0.05) is 40.6 Å². The van der Waals surface area contributed by atoms with Gasteiger partial charge >= 0.3 is 5.97 Å². The quantitative estimate of drug-likeness (QED) is 0.320. The topological polar surface area (TPSA) is 73.5 Å². The van der Waals surface area contributed by atoms with Crippen molar-refractivity contribution in [3.8, 4) is 0 Å². The maximum atomic E-state index is 12.3. The summed E-state index contributed by atoms with van der Waals surface area (Å²) in [6.45, 7) is 1.18. The van der Waals surface area contributed by atoms with Crippen molar-refractivity contribution in [2.75, 3.05) is 13.7 Å². The zero-order valence-electron chi connectivity index (χ0n) is 17.0. The number of amides is 1. The van der Waals surface area contributed by atoms with Crippen LogP contribution >= 0.6 is 11.8 Å². The third kappa shape index (κ3) is 4.83. The van der Waals surface area contributed by atoms with Crippen LogP contribution in [0.3, 0.4) is 0 Å². The number of fused-ring (bicyclic) bond motifs is 1. The predicted octanol–water partition coefficient (Wildman–Crippen LogP) is 4.74. The summed E-state index contributed by atoms with van der Waals surface area (Å²) in [6, 6.07) is 20.8. The fourth-order valence-corrected chi connectivity index (χ4v) is 4.29. The summed E-state index contributed by atoms with van der Waals surface area (Å²) in [5.41, 5.74) is 1.76. The SMILES string of the molecule is COC(=O)c1ccc(CSc2cn(CCNC(=O)c3ccccc3)c3ccccc23)o1. The number of para-hydroxylation sites is 1. The number of rotatable bonds is 8. The number of hydrogen-bond acceptors (Lipinski definition) is 5. The Morgan fingerprint density at radius 2 is 1.81 bits per heavy atom. The minimum Gasteiger partial charge on any atom is -0.463 e. The van der Waals surface area contributed by atoms with Crippen molar-refractivity contribution >= 4 is 34.5 Å². The molecule has 6 nitrogen and oxygen atoms in total. The smallest absolute Gasteiger partial charge is 0.373 e. The number of nitrogens with zero attached hydrogens (tertiary/aromatic N) is 1. The van der Waals surface area contributed by atoms with E-state index in [0.717, 1.165) is 15.8 Å². The van der Waals surface area contributed by atoms with E-state index in [1.54, 1.807) is 36.0 Å². The Bertz CT molecular complexity index is 1200. The van der Waals surface area contributed by atoms with Crippen LogP contribution in [0.15, 0.2) is 82.2 Å². The molecule has 0 spiro atoms.